The maximum Gasteiger partial charge on any atom is 0.289 e. The van der Waals surface area contributed by atoms with Gasteiger partial charge in [-0.05, 0) is 31.0 Å². The lowest BCUT2D eigenvalue weighted by atomic mass is 10.1. The lowest BCUT2D eigenvalue weighted by molar-refractivity contribution is -0.129. The summed E-state index contributed by atoms with van der Waals surface area (Å²) in [6.07, 6.45) is -0.0200. The van der Waals surface area contributed by atoms with E-state index in [2.05, 4.69) is 5.32 Å². The maximum atomic E-state index is 12.5. The minimum absolute atomic E-state index is 0.0200. The van der Waals surface area contributed by atoms with Crippen LogP contribution in [0.1, 0.15) is 23.1 Å². The molecule has 0 saturated carbocycles. The van der Waals surface area contributed by atoms with E-state index < -0.39 is 5.25 Å². The van der Waals surface area contributed by atoms with E-state index in [1.54, 1.807) is 0 Å². The monoisotopic (exact) mass is 368 g/mol. The Morgan fingerprint density at radius 2 is 1.85 bits per heavy atom. The van der Waals surface area contributed by atoms with Crippen molar-refractivity contribution in [3.8, 4) is 0 Å². The van der Waals surface area contributed by atoms with E-state index in [0.717, 1.165) is 34.1 Å². The summed E-state index contributed by atoms with van der Waals surface area (Å²) in [5.41, 5.74) is 3.69. The lowest BCUT2D eigenvalue weighted by Crippen LogP contribution is -2.32. The van der Waals surface area contributed by atoms with E-state index in [1.807, 2.05) is 62.4 Å². The Morgan fingerprint density at radius 3 is 2.54 bits per heavy atom. The maximum absolute atomic E-state index is 12.5. The van der Waals surface area contributed by atoms with Gasteiger partial charge in [-0.2, -0.15) is 0 Å². The van der Waals surface area contributed by atoms with Crippen LogP contribution >= 0.6 is 11.8 Å². The second kappa shape index (κ2) is 7.74. The SMILES string of the molecule is Cc1ccc(NC(=O)CC2SC(=O)N(Cc3ccccc3)C2=O)c(C)c1. The zero-order chi connectivity index (χ0) is 18.7. The number of aryl methyl sites for hydroxylation is 2. The van der Waals surface area contributed by atoms with Crippen LogP contribution in [0.15, 0.2) is 48.5 Å². The van der Waals surface area contributed by atoms with Crippen molar-refractivity contribution in [1.29, 1.82) is 0 Å². The summed E-state index contributed by atoms with van der Waals surface area (Å²) < 4.78 is 0. The lowest BCUT2D eigenvalue weighted by Gasteiger charge is -2.14. The van der Waals surface area contributed by atoms with E-state index in [9.17, 15) is 14.4 Å². The smallest absolute Gasteiger partial charge is 0.289 e. The van der Waals surface area contributed by atoms with Gasteiger partial charge >= 0.3 is 0 Å². The fourth-order valence-electron chi connectivity index (χ4n) is 2.86. The molecule has 1 unspecified atom stereocenters. The molecule has 1 fully saturated rings. The van der Waals surface area contributed by atoms with Gasteiger partial charge in [0.05, 0.1) is 6.54 Å². The van der Waals surface area contributed by atoms with Crippen LogP contribution in [0, 0.1) is 13.8 Å². The number of imide groups is 1. The molecule has 1 heterocycles. The van der Waals surface area contributed by atoms with Gasteiger partial charge < -0.3 is 5.32 Å². The van der Waals surface area contributed by atoms with Crippen molar-refractivity contribution in [2.24, 2.45) is 0 Å². The summed E-state index contributed by atoms with van der Waals surface area (Å²) in [7, 11) is 0. The van der Waals surface area contributed by atoms with Crippen LogP contribution in [0.4, 0.5) is 10.5 Å². The van der Waals surface area contributed by atoms with Crippen LogP contribution in [-0.4, -0.2) is 27.2 Å². The number of nitrogens with one attached hydrogen (secondary N) is 1. The van der Waals surface area contributed by atoms with Gasteiger partial charge in [0.25, 0.3) is 5.24 Å². The summed E-state index contributed by atoms with van der Waals surface area (Å²) in [6.45, 7) is 4.14. The largest absolute Gasteiger partial charge is 0.326 e. The molecule has 134 valence electrons. The summed E-state index contributed by atoms with van der Waals surface area (Å²) in [5.74, 6) is -0.572. The summed E-state index contributed by atoms with van der Waals surface area (Å²) in [5, 5.41) is 1.86. The van der Waals surface area contributed by atoms with Crippen molar-refractivity contribution in [1.82, 2.24) is 4.90 Å². The molecule has 1 aliphatic heterocycles. The number of thioether (sulfide) groups is 1. The first kappa shape index (κ1) is 18.2. The van der Waals surface area contributed by atoms with Crippen molar-refractivity contribution in [3.05, 3.63) is 65.2 Å². The van der Waals surface area contributed by atoms with Crippen LogP contribution in [0.2, 0.25) is 0 Å². The summed E-state index contributed by atoms with van der Waals surface area (Å²) >= 11 is 0.923. The van der Waals surface area contributed by atoms with Crippen molar-refractivity contribution in [2.75, 3.05) is 5.32 Å². The Bertz CT molecular complexity index is 851. The molecular weight excluding hydrogens is 348 g/mol. The van der Waals surface area contributed by atoms with Gasteiger partial charge in [0.2, 0.25) is 11.8 Å². The Morgan fingerprint density at radius 1 is 1.12 bits per heavy atom. The Balaban J connectivity index is 1.62. The molecule has 26 heavy (non-hydrogen) atoms. The molecule has 0 radical (unpaired) electrons. The van der Waals surface area contributed by atoms with Crippen LogP contribution in [0.25, 0.3) is 0 Å². The molecule has 0 aliphatic carbocycles. The highest BCUT2D eigenvalue weighted by Crippen LogP contribution is 2.31. The minimum atomic E-state index is -0.669. The minimum Gasteiger partial charge on any atom is -0.326 e. The van der Waals surface area contributed by atoms with E-state index >= 15 is 0 Å². The van der Waals surface area contributed by atoms with E-state index in [0.29, 0.717) is 0 Å². The molecule has 3 amide bonds. The van der Waals surface area contributed by atoms with E-state index in [-0.39, 0.29) is 30.0 Å². The number of nitrogens with zero attached hydrogens (tertiary/aromatic N) is 1. The third-order valence-corrected chi connectivity index (χ3v) is 5.29. The topological polar surface area (TPSA) is 66.5 Å². The number of carbonyl (C=O) groups is 3. The zero-order valence-corrected chi connectivity index (χ0v) is 15.5. The average molecular weight is 368 g/mol. The number of hydrogen-bond acceptors (Lipinski definition) is 4. The highest BCUT2D eigenvalue weighted by Gasteiger charge is 2.40. The Labute approximate surface area is 156 Å². The normalized spacial score (nSPS) is 16.8. The quantitative estimate of drug-likeness (QED) is 0.869. The van der Waals surface area contributed by atoms with Crippen molar-refractivity contribution < 1.29 is 14.4 Å². The van der Waals surface area contributed by atoms with Gasteiger partial charge in [-0.1, -0.05) is 59.8 Å². The number of anilines is 1. The first-order chi connectivity index (χ1) is 12.4. The van der Waals surface area contributed by atoms with Crippen molar-refractivity contribution in [3.63, 3.8) is 0 Å². The summed E-state index contributed by atoms with van der Waals surface area (Å²) in [6, 6.07) is 15.1. The van der Waals surface area contributed by atoms with Gasteiger partial charge in [0.1, 0.15) is 5.25 Å². The molecule has 1 atom stereocenters. The van der Waals surface area contributed by atoms with Crippen molar-refractivity contribution in [2.45, 2.75) is 32.1 Å². The van der Waals surface area contributed by atoms with Crippen LogP contribution < -0.4 is 5.32 Å². The second-order valence-corrected chi connectivity index (χ2v) is 7.51. The van der Waals surface area contributed by atoms with Gasteiger partial charge in [-0.25, -0.2) is 0 Å². The molecular formula is C20H20N2O3S. The number of hydrogen-bond donors (Lipinski definition) is 1. The van der Waals surface area contributed by atoms with E-state index in [1.165, 1.54) is 4.90 Å². The Hall–Kier alpha value is -2.60. The van der Waals surface area contributed by atoms with Gasteiger partial charge in [0.15, 0.2) is 0 Å². The van der Waals surface area contributed by atoms with Gasteiger partial charge in [-0.3, -0.25) is 19.3 Å². The van der Waals surface area contributed by atoms with Crippen LogP contribution in [0.3, 0.4) is 0 Å². The molecule has 2 aromatic rings. The average Bonchev–Trinajstić information content (AvgIpc) is 2.86. The molecule has 5 nitrogen and oxygen atoms in total. The predicted octanol–water partition coefficient (Wildman–Crippen LogP) is 3.90. The molecule has 0 aromatic heterocycles. The predicted molar refractivity (Wildman–Crippen MR) is 103 cm³/mol. The van der Waals surface area contributed by atoms with Crippen LogP contribution in [0.5, 0.6) is 0 Å². The molecule has 1 saturated heterocycles. The highest BCUT2D eigenvalue weighted by atomic mass is 32.2. The fraction of sp³-hybridized carbons (Fsp3) is 0.250. The molecule has 3 rings (SSSR count). The molecule has 0 spiro atoms. The van der Waals surface area contributed by atoms with Gasteiger partial charge in [-0.15, -0.1) is 0 Å². The molecule has 1 aliphatic rings. The first-order valence-electron chi connectivity index (χ1n) is 8.37. The highest BCUT2D eigenvalue weighted by molar-refractivity contribution is 8.15. The number of rotatable bonds is 5. The molecule has 2 aromatic carbocycles. The third-order valence-electron chi connectivity index (χ3n) is 4.22. The standard InChI is InChI=1S/C20H20N2O3S/c1-13-8-9-16(14(2)10-13)21-18(23)11-17-19(24)22(20(25)26-17)12-15-6-4-3-5-7-15/h3-10,17H,11-12H2,1-2H3,(H,21,23). The molecule has 6 heteroatoms. The van der Waals surface area contributed by atoms with Crippen LogP contribution in [-0.2, 0) is 16.1 Å². The second-order valence-electron chi connectivity index (χ2n) is 6.35. The number of amides is 3. The van der Waals surface area contributed by atoms with Gasteiger partial charge in [0, 0.05) is 12.1 Å². The first-order valence-corrected chi connectivity index (χ1v) is 9.25. The summed E-state index contributed by atoms with van der Waals surface area (Å²) in [4.78, 5) is 38.2. The van der Waals surface area contributed by atoms with E-state index in [4.69, 9.17) is 0 Å². The number of benzene rings is 2. The number of carbonyl (C=O) groups excluding carboxylic acids is 3. The third kappa shape index (κ3) is 4.14. The Kier molecular flexibility index (Phi) is 5.42. The zero-order valence-electron chi connectivity index (χ0n) is 14.7. The molecule has 1 N–H and O–H groups in total. The van der Waals surface area contributed by atoms with Crippen molar-refractivity contribution >= 4 is 34.5 Å². The fourth-order valence-corrected chi connectivity index (χ4v) is 3.85. The molecule has 0 bridgehead atoms.